The second kappa shape index (κ2) is 14.5. The molecule has 0 spiro atoms. The minimum absolute atomic E-state index is 0. The summed E-state index contributed by atoms with van der Waals surface area (Å²) in [5.74, 6) is 0.276. The van der Waals surface area contributed by atoms with Gasteiger partial charge >= 0.3 is 0 Å². The molecule has 1 atom stereocenters. The van der Waals surface area contributed by atoms with Crippen LogP contribution in [0, 0.1) is 0 Å². The van der Waals surface area contributed by atoms with Crippen molar-refractivity contribution in [2.24, 2.45) is 4.99 Å². The molecule has 0 saturated heterocycles. The van der Waals surface area contributed by atoms with Crippen molar-refractivity contribution >= 4 is 59.0 Å². The van der Waals surface area contributed by atoms with Crippen LogP contribution in [0.4, 0.5) is 0 Å². The van der Waals surface area contributed by atoms with Gasteiger partial charge in [0.15, 0.2) is 5.96 Å². The SMILES string of the molecule is CCNC(=NCC(=O)NCCc1ccccc1)NCC(O)c1cc(Cl)cc(Cl)c1.I. The molecule has 30 heavy (non-hydrogen) atoms. The van der Waals surface area contributed by atoms with Gasteiger partial charge in [0.25, 0.3) is 0 Å². The molecule has 9 heteroatoms. The second-order valence-electron chi connectivity index (χ2n) is 6.38. The molecule has 1 amide bonds. The van der Waals surface area contributed by atoms with Crippen molar-refractivity contribution in [3.8, 4) is 0 Å². The highest BCUT2D eigenvalue weighted by atomic mass is 127. The molecule has 0 aliphatic rings. The monoisotopic (exact) mass is 564 g/mol. The van der Waals surface area contributed by atoms with Crippen LogP contribution in [0.25, 0.3) is 0 Å². The Morgan fingerprint density at radius 1 is 1.07 bits per heavy atom. The van der Waals surface area contributed by atoms with E-state index < -0.39 is 6.10 Å². The standard InChI is InChI=1S/C21H26Cl2N4O2.HI/c1-2-24-21(26-13-19(28)16-10-17(22)12-18(23)11-16)27-14-20(29)25-9-8-15-6-4-3-5-7-15;/h3-7,10-12,19,28H,2,8-9,13-14H2,1H3,(H,25,29)(H2,24,26,27);1H. The Bertz CT molecular complexity index is 802. The van der Waals surface area contributed by atoms with Crippen LogP contribution >= 0.6 is 47.2 Å². The number of hydrogen-bond acceptors (Lipinski definition) is 3. The molecule has 0 heterocycles. The van der Waals surface area contributed by atoms with E-state index >= 15 is 0 Å². The van der Waals surface area contributed by atoms with Gasteiger partial charge in [-0.2, -0.15) is 0 Å². The summed E-state index contributed by atoms with van der Waals surface area (Å²) >= 11 is 12.0. The quantitative estimate of drug-likeness (QED) is 0.213. The number of nitrogens with one attached hydrogen (secondary N) is 3. The number of benzene rings is 2. The predicted molar refractivity (Wildman–Crippen MR) is 134 cm³/mol. The number of aliphatic imine (C=N–C) groups is 1. The Kier molecular flexibility index (Phi) is 12.8. The molecule has 164 valence electrons. The topological polar surface area (TPSA) is 85.8 Å². The summed E-state index contributed by atoms with van der Waals surface area (Å²) in [4.78, 5) is 16.3. The van der Waals surface area contributed by atoms with E-state index in [0.717, 1.165) is 6.42 Å². The third-order valence-corrected chi connectivity index (χ3v) is 4.47. The third kappa shape index (κ3) is 9.97. The lowest BCUT2D eigenvalue weighted by molar-refractivity contribution is -0.119. The summed E-state index contributed by atoms with van der Waals surface area (Å²) in [5, 5.41) is 20.2. The molecule has 0 aliphatic heterocycles. The van der Waals surface area contributed by atoms with E-state index in [0.29, 0.717) is 34.7 Å². The molecule has 6 nitrogen and oxygen atoms in total. The first-order valence-corrected chi connectivity index (χ1v) is 10.2. The summed E-state index contributed by atoms with van der Waals surface area (Å²) in [5.41, 5.74) is 1.77. The fourth-order valence-corrected chi connectivity index (χ4v) is 3.16. The summed E-state index contributed by atoms with van der Waals surface area (Å²) in [6.07, 6.45) is -0.0574. The maximum Gasteiger partial charge on any atom is 0.241 e. The van der Waals surface area contributed by atoms with Gasteiger partial charge < -0.3 is 21.1 Å². The maximum atomic E-state index is 12.0. The highest BCUT2D eigenvalue weighted by Crippen LogP contribution is 2.23. The molecule has 2 aromatic rings. The lowest BCUT2D eigenvalue weighted by Crippen LogP contribution is -2.40. The number of carbonyl (C=O) groups is 1. The van der Waals surface area contributed by atoms with Crippen LogP contribution in [-0.2, 0) is 11.2 Å². The number of guanidine groups is 1. The van der Waals surface area contributed by atoms with E-state index in [-0.39, 0.29) is 43.0 Å². The predicted octanol–water partition coefficient (Wildman–Crippen LogP) is 3.56. The number of carbonyl (C=O) groups excluding carboxylic acids is 1. The van der Waals surface area contributed by atoms with Crippen LogP contribution in [0.1, 0.15) is 24.2 Å². The number of aliphatic hydroxyl groups excluding tert-OH is 1. The van der Waals surface area contributed by atoms with Crippen LogP contribution in [-0.4, -0.2) is 43.2 Å². The first kappa shape index (κ1) is 26.5. The minimum atomic E-state index is -0.824. The Balaban J connectivity index is 0.00000450. The van der Waals surface area contributed by atoms with Gasteiger partial charge in [-0.3, -0.25) is 4.79 Å². The largest absolute Gasteiger partial charge is 0.387 e. The van der Waals surface area contributed by atoms with Crippen molar-refractivity contribution < 1.29 is 9.90 Å². The molecular formula is C21H27Cl2IN4O2. The van der Waals surface area contributed by atoms with Crippen LogP contribution in [0.3, 0.4) is 0 Å². The van der Waals surface area contributed by atoms with Crippen LogP contribution in [0.2, 0.25) is 10.0 Å². The fourth-order valence-electron chi connectivity index (χ4n) is 2.62. The molecule has 0 saturated carbocycles. The van der Waals surface area contributed by atoms with Crippen molar-refractivity contribution in [1.82, 2.24) is 16.0 Å². The number of nitrogens with zero attached hydrogens (tertiary/aromatic N) is 1. The van der Waals surface area contributed by atoms with E-state index in [1.165, 1.54) is 5.56 Å². The van der Waals surface area contributed by atoms with E-state index in [2.05, 4.69) is 20.9 Å². The van der Waals surface area contributed by atoms with Crippen molar-refractivity contribution in [2.75, 3.05) is 26.2 Å². The van der Waals surface area contributed by atoms with Crippen molar-refractivity contribution in [3.05, 3.63) is 69.7 Å². The summed E-state index contributed by atoms with van der Waals surface area (Å²) in [6.45, 7) is 3.28. The molecule has 2 rings (SSSR count). The van der Waals surface area contributed by atoms with Crippen LogP contribution in [0.5, 0.6) is 0 Å². The molecule has 2 aromatic carbocycles. The van der Waals surface area contributed by atoms with Gasteiger partial charge in [0, 0.05) is 29.7 Å². The smallest absolute Gasteiger partial charge is 0.241 e. The number of halogens is 3. The zero-order chi connectivity index (χ0) is 21.1. The zero-order valence-corrected chi connectivity index (χ0v) is 20.5. The van der Waals surface area contributed by atoms with E-state index in [9.17, 15) is 9.90 Å². The highest BCUT2D eigenvalue weighted by molar-refractivity contribution is 14.0. The fraction of sp³-hybridized carbons (Fsp3) is 0.333. The van der Waals surface area contributed by atoms with Gasteiger partial charge in [-0.05, 0) is 42.7 Å². The van der Waals surface area contributed by atoms with Crippen molar-refractivity contribution in [3.63, 3.8) is 0 Å². The Morgan fingerprint density at radius 3 is 2.37 bits per heavy atom. The maximum absolute atomic E-state index is 12.0. The van der Waals surface area contributed by atoms with E-state index in [4.69, 9.17) is 23.2 Å². The third-order valence-electron chi connectivity index (χ3n) is 4.04. The first-order valence-electron chi connectivity index (χ1n) is 9.44. The van der Waals surface area contributed by atoms with Gasteiger partial charge in [-0.15, -0.1) is 24.0 Å². The number of hydrogen-bond donors (Lipinski definition) is 4. The lowest BCUT2D eigenvalue weighted by atomic mass is 10.1. The first-order chi connectivity index (χ1) is 14.0. The van der Waals surface area contributed by atoms with Gasteiger partial charge in [0.05, 0.1) is 6.10 Å². The van der Waals surface area contributed by atoms with Gasteiger partial charge in [0.2, 0.25) is 5.91 Å². The molecule has 0 aromatic heterocycles. The molecule has 1 unspecified atom stereocenters. The summed E-state index contributed by atoms with van der Waals surface area (Å²) < 4.78 is 0. The van der Waals surface area contributed by atoms with E-state index in [1.807, 2.05) is 37.3 Å². The Hall–Kier alpha value is -1.55. The normalized spacial score (nSPS) is 11.9. The lowest BCUT2D eigenvalue weighted by Gasteiger charge is -2.16. The molecule has 4 N–H and O–H groups in total. The molecule has 0 fully saturated rings. The number of aliphatic hydroxyl groups is 1. The summed E-state index contributed by atoms with van der Waals surface area (Å²) in [7, 11) is 0. The highest BCUT2D eigenvalue weighted by Gasteiger charge is 2.11. The van der Waals surface area contributed by atoms with Crippen molar-refractivity contribution in [1.29, 1.82) is 0 Å². The minimum Gasteiger partial charge on any atom is -0.387 e. The second-order valence-corrected chi connectivity index (χ2v) is 7.25. The Labute approximate surface area is 204 Å². The van der Waals surface area contributed by atoms with Crippen molar-refractivity contribution in [2.45, 2.75) is 19.4 Å². The zero-order valence-electron chi connectivity index (χ0n) is 16.7. The van der Waals surface area contributed by atoms with Gasteiger partial charge in [0.1, 0.15) is 6.54 Å². The molecule has 0 bridgehead atoms. The van der Waals surface area contributed by atoms with Gasteiger partial charge in [-0.1, -0.05) is 53.5 Å². The average molecular weight is 565 g/mol. The number of rotatable bonds is 9. The average Bonchev–Trinajstić information content (AvgIpc) is 2.70. The van der Waals surface area contributed by atoms with Crippen LogP contribution in [0.15, 0.2) is 53.5 Å². The molecule has 0 aliphatic carbocycles. The van der Waals surface area contributed by atoms with E-state index in [1.54, 1.807) is 18.2 Å². The molecule has 0 radical (unpaired) electrons. The van der Waals surface area contributed by atoms with Gasteiger partial charge in [-0.25, -0.2) is 4.99 Å². The number of amides is 1. The molecular weight excluding hydrogens is 538 g/mol. The Morgan fingerprint density at radius 2 is 1.73 bits per heavy atom. The summed E-state index contributed by atoms with van der Waals surface area (Å²) in [6, 6.07) is 14.9. The van der Waals surface area contributed by atoms with Crippen LogP contribution < -0.4 is 16.0 Å².